The number of aromatic nitrogens is 4. The van der Waals surface area contributed by atoms with E-state index in [4.69, 9.17) is 11.6 Å². The number of carbonyl (C=O) groups is 1. The molecule has 1 atom stereocenters. The number of benzene rings is 2. The molecule has 4 aromatic rings. The number of nitrogens with zero attached hydrogens (tertiary/aromatic N) is 5. The van der Waals surface area contributed by atoms with Crippen LogP contribution >= 0.6 is 11.6 Å². The van der Waals surface area contributed by atoms with Crippen molar-refractivity contribution >= 4 is 34.7 Å². The van der Waals surface area contributed by atoms with Crippen molar-refractivity contribution < 1.29 is 4.79 Å². The minimum Gasteiger partial charge on any atom is -0.357 e. The first-order chi connectivity index (χ1) is 14.2. The normalized spacial score (nSPS) is 16.5. The Morgan fingerprint density at radius 3 is 2.69 bits per heavy atom. The summed E-state index contributed by atoms with van der Waals surface area (Å²) in [7, 11) is 0. The summed E-state index contributed by atoms with van der Waals surface area (Å²) in [5.41, 5.74) is 2.38. The van der Waals surface area contributed by atoms with Crippen LogP contribution in [0.5, 0.6) is 0 Å². The molecule has 1 aliphatic heterocycles. The number of hydrogen-bond donors (Lipinski definition) is 1. The molecule has 3 heterocycles. The van der Waals surface area contributed by atoms with Crippen LogP contribution in [0.25, 0.3) is 17.0 Å². The van der Waals surface area contributed by atoms with Crippen molar-refractivity contribution in [2.45, 2.75) is 12.5 Å². The Balaban J connectivity index is 1.40. The van der Waals surface area contributed by atoms with E-state index >= 15 is 0 Å². The molecule has 5 rings (SSSR count). The Morgan fingerprint density at radius 2 is 1.86 bits per heavy atom. The highest BCUT2D eigenvalue weighted by Gasteiger charge is 2.33. The largest absolute Gasteiger partial charge is 0.357 e. The Morgan fingerprint density at radius 1 is 1.00 bits per heavy atom. The highest BCUT2D eigenvalue weighted by atomic mass is 35.5. The van der Waals surface area contributed by atoms with Gasteiger partial charge in [0, 0.05) is 22.8 Å². The number of anilines is 2. The second-order valence-electron chi connectivity index (χ2n) is 6.83. The van der Waals surface area contributed by atoms with E-state index in [1.807, 2.05) is 54.6 Å². The van der Waals surface area contributed by atoms with Gasteiger partial charge in [0.2, 0.25) is 5.91 Å². The molecule has 0 aliphatic carbocycles. The van der Waals surface area contributed by atoms with E-state index in [1.165, 1.54) is 0 Å². The van der Waals surface area contributed by atoms with E-state index in [-0.39, 0.29) is 11.9 Å². The lowest BCUT2D eigenvalue weighted by Gasteiger charge is -2.17. The van der Waals surface area contributed by atoms with Gasteiger partial charge in [0.15, 0.2) is 11.5 Å². The maximum Gasteiger partial charge on any atom is 0.249 e. The van der Waals surface area contributed by atoms with Crippen molar-refractivity contribution in [2.75, 3.05) is 16.8 Å². The molecule has 2 aromatic heterocycles. The molecule has 0 spiro atoms. The fraction of sp³-hybridized carbons (Fsp3) is 0.143. The van der Waals surface area contributed by atoms with Crippen molar-refractivity contribution in [2.24, 2.45) is 0 Å². The predicted octanol–water partition coefficient (Wildman–Crippen LogP) is 3.66. The monoisotopic (exact) mass is 404 g/mol. The summed E-state index contributed by atoms with van der Waals surface area (Å²) in [4.78, 5) is 14.6. The first-order valence-electron chi connectivity index (χ1n) is 9.30. The molecule has 0 saturated carbocycles. The lowest BCUT2D eigenvalue weighted by atomic mass is 10.2. The molecule has 0 radical (unpaired) electrons. The Hall–Kier alpha value is -3.45. The van der Waals surface area contributed by atoms with E-state index < -0.39 is 0 Å². The van der Waals surface area contributed by atoms with Crippen molar-refractivity contribution in [3.63, 3.8) is 0 Å². The molecule has 7 nitrogen and oxygen atoms in total. The topological polar surface area (TPSA) is 75.4 Å². The average molecular weight is 405 g/mol. The quantitative estimate of drug-likeness (QED) is 0.561. The lowest BCUT2D eigenvalue weighted by molar-refractivity contribution is -0.117. The first-order valence-corrected chi connectivity index (χ1v) is 9.68. The number of hydrogen-bond acceptors (Lipinski definition) is 5. The van der Waals surface area contributed by atoms with E-state index in [2.05, 4.69) is 20.6 Å². The van der Waals surface area contributed by atoms with Gasteiger partial charge in [-0.05, 0) is 36.8 Å². The van der Waals surface area contributed by atoms with E-state index in [9.17, 15) is 4.79 Å². The number of fused-ring (bicyclic) bond motifs is 1. The summed E-state index contributed by atoms with van der Waals surface area (Å²) in [5, 5.41) is 16.9. The summed E-state index contributed by atoms with van der Waals surface area (Å²) in [6.45, 7) is 0.626. The van der Waals surface area contributed by atoms with Gasteiger partial charge in [-0.1, -0.05) is 48.0 Å². The summed E-state index contributed by atoms with van der Waals surface area (Å²) < 4.78 is 1.69. The highest BCUT2D eigenvalue weighted by Crippen LogP contribution is 2.26. The van der Waals surface area contributed by atoms with Crippen LogP contribution in [0.2, 0.25) is 5.02 Å². The van der Waals surface area contributed by atoms with Gasteiger partial charge in [0.05, 0.1) is 0 Å². The molecule has 0 bridgehead atoms. The average Bonchev–Trinajstić information content (AvgIpc) is 3.32. The van der Waals surface area contributed by atoms with Crippen molar-refractivity contribution in [3.05, 3.63) is 71.8 Å². The van der Waals surface area contributed by atoms with E-state index in [1.54, 1.807) is 21.5 Å². The summed E-state index contributed by atoms with van der Waals surface area (Å²) in [6, 6.07) is 20.4. The zero-order chi connectivity index (χ0) is 19.8. The molecular formula is C21H17ClN6O. The van der Waals surface area contributed by atoms with Crippen molar-refractivity contribution in [3.8, 4) is 11.4 Å². The summed E-state index contributed by atoms with van der Waals surface area (Å²) in [6.07, 6.45) is 0.679. The molecule has 1 aliphatic rings. The van der Waals surface area contributed by atoms with Crippen molar-refractivity contribution in [1.82, 2.24) is 19.8 Å². The predicted molar refractivity (Wildman–Crippen MR) is 112 cm³/mol. The third-order valence-corrected chi connectivity index (χ3v) is 5.18. The second kappa shape index (κ2) is 7.18. The molecule has 1 unspecified atom stereocenters. The molecule has 1 saturated heterocycles. The first kappa shape index (κ1) is 17.6. The van der Waals surface area contributed by atoms with Gasteiger partial charge < -0.3 is 10.2 Å². The van der Waals surface area contributed by atoms with Crippen LogP contribution in [0.15, 0.2) is 66.7 Å². The zero-order valence-electron chi connectivity index (χ0n) is 15.4. The third-order valence-electron chi connectivity index (χ3n) is 4.94. The standard InChI is InChI=1S/C21H17ClN6O/c22-15-7-4-8-16(13-15)27-12-11-17(21(27)29)23-18-9-10-19-24-25-20(28(19)26-18)14-5-2-1-3-6-14/h1-10,13,17H,11-12H2,(H,23,26). The zero-order valence-corrected chi connectivity index (χ0v) is 16.1. The molecule has 8 heteroatoms. The van der Waals surface area contributed by atoms with Gasteiger partial charge >= 0.3 is 0 Å². The minimum absolute atomic E-state index is 0.00111. The van der Waals surface area contributed by atoms with Gasteiger partial charge in [-0.25, -0.2) is 0 Å². The summed E-state index contributed by atoms with van der Waals surface area (Å²) in [5.74, 6) is 1.25. The van der Waals surface area contributed by atoms with Crippen LogP contribution in [-0.4, -0.2) is 38.3 Å². The van der Waals surface area contributed by atoms with Crippen LogP contribution in [0.1, 0.15) is 6.42 Å². The molecule has 2 aromatic carbocycles. The number of nitrogens with one attached hydrogen (secondary N) is 1. The fourth-order valence-corrected chi connectivity index (χ4v) is 3.71. The van der Waals surface area contributed by atoms with Gasteiger partial charge in [-0.15, -0.1) is 15.3 Å². The van der Waals surface area contributed by atoms with Gasteiger partial charge in [0.25, 0.3) is 0 Å². The third kappa shape index (κ3) is 3.30. The fourth-order valence-electron chi connectivity index (χ4n) is 3.53. The maximum atomic E-state index is 12.9. The molecule has 1 N–H and O–H groups in total. The molecule has 1 amide bonds. The molecule has 144 valence electrons. The summed E-state index contributed by atoms with van der Waals surface area (Å²) >= 11 is 6.07. The van der Waals surface area contributed by atoms with Crippen molar-refractivity contribution in [1.29, 1.82) is 0 Å². The Bertz CT molecular complexity index is 1190. The SMILES string of the molecule is O=C1C(Nc2ccc3nnc(-c4ccccc4)n3n2)CCN1c1cccc(Cl)c1. The van der Waals surface area contributed by atoms with Crippen LogP contribution in [0, 0.1) is 0 Å². The van der Waals surface area contributed by atoms with Crippen LogP contribution in [-0.2, 0) is 4.79 Å². The molecule has 29 heavy (non-hydrogen) atoms. The van der Waals surface area contributed by atoms with Crippen LogP contribution in [0.4, 0.5) is 11.5 Å². The number of rotatable bonds is 4. The number of halogens is 1. The van der Waals surface area contributed by atoms with Crippen LogP contribution in [0.3, 0.4) is 0 Å². The smallest absolute Gasteiger partial charge is 0.249 e. The van der Waals surface area contributed by atoms with Gasteiger partial charge in [-0.3, -0.25) is 4.79 Å². The maximum absolute atomic E-state index is 12.9. The van der Waals surface area contributed by atoms with E-state index in [0.717, 1.165) is 11.3 Å². The minimum atomic E-state index is -0.351. The van der Waals surface area contributed by atoms with Crippen LogP contribution < -0.4 is 10.2 Å². The van der Waals surface area contributed by atoms with Gasteiger partial charge in [0.1, 0.15) is 11.9 Å². The Labute approximate surface area is 171 Å². The van der Waals surface area contributed by atoms with Gasteiger partial charge in [-0.2, -0.15) is 4.52 Å². The molecular weight excluding hydrogens is 388 g/mol. The number of amides is 1. The molecule has 1 fully saturated rings. The second-order valence-corrected chi connectivity index (χ2v) is 7.27. The number of carbonyl (C=O) groups excluding carboxylic acids is 1. The highest BCUT2D eigenvalue weighted by molar-refractivity contribution is 6.31. The Kier molecular flexibility index (Phi) is 4.37. The van der Waals surface area contributed by atoms with E-state index in [0.29, 0.717) is 35.3 Å². The lowest BCUT2D eigenvalue weighted by Crippen LogP contribution is -2.33.